The van der Waals surface area contributed by atoms with Gasteiger partial charge < -0.3 is 0 Å². The van der Waals surface area contributed by atoms with Gasteiger partial charge in [-0.05, 0) is 44.3 Å². The molecule has 0 aromatic heterocycles. The van der Waals surface area contributed by atoms with E-state index in [9.17, 15) is 9.59 Å². The Kier molecular flexibility index (Phi) is 19.4. The van der Waals surface area contributed by atoms with E-state index >= 15 is 0 Å². The Bertz CT molecular complexity index is 450. The van der Waals surface area contributed by atoms with E-state index in [1.165, 1.54) is 107 Å². The van der Waals surface area contributed by atoms with E-state index in [4.69, 9.17) is 0 Å². The molecule has 0 bridgehead atoms. The van der Waals surface area contributed by atoms with Crippen molar-refractivity contribution in [1.82, 2.24) is 4.90 Å². The molecule has 0 aliphatic carbocycles. The molecule has 1 aliphatic heterocycles. The van der Waals surface area contributed by atoms with E-state index in [2.05, 4.69) is 25.6 Å². The van der Waals surface area contributed by atoms with Gasteiger partial charge >= 0.3 is 0 Å². The summed E-state index contributed by atoms with van der Waals surface area (Å²) in [5.74, 6) is 1.45. The van der Waals surface area contributed by atoms with Crippen LogP contribution in [0.3, 0.4) is 0 Å². The maximum Gasteiger partial charge on any atom is 0.229 e. The average Bonchev–Trinajstić information content (AvgIpc) is 2.95. The molecule has 1 unspecified atom stereocenters. The van der Waals surface area contributed by atoms with Gasteiger partial charge in [0.1, 0.15) is 0 Å². The van der Waals surface area contributed by atoms with E-state index < -0.39 is 0 Å². The highest BCUT2D eigenvalue weighted by molar-refractivity contribution is 7.99. The lowest BCUT2D eigenvalue weighted by atomic mass is 10.1. The van der Waals surface area contributed by atoms with Gasteiger partial charge in [-0.3, -0.25) is 14.5 Å². The van der Waals surface area contributed by atoms with Crippen molar-refractivity contribution in [2.75, 3.05) is 12.3 Å². The second-order valence-electron chi connectivity index (χ2n) is 9.79. The molecule has 0 spiro atoms. The van der Waals surface area contributed by atoms with Gasteiger partial charge in [-0.2, -0.15) is 11.8 Å². The predicted molar refractivity (Wildman–Crippen MR) is 141 cm³/mol. The van der Waals surface area contributed by atoms with Gasteiger partial charge in [-0.15, -0.1) is 0 Å². The van der Waals surface area contributed by atoms with Crippen LogP contribution in [0.5, 0.6) is 0 Å². The third-order valence-electron chi connectivity index (χ3n) is 6.85. The molecular formula is C28H53NO2S. The molecule has 1 fully saturated rings. The van der Waals surface area contributed by atoms with Crippen LogP contribution in [0.2, 0.25) is 0 Å². The Balaban J connectivity index is 1.88. The largest absolute Gasteiger partial charge is 0.283 e. The summed E-state index contributed by atoms with van der Waals surface area (Å²) in [6.07, 6.45) is 25.6. The summed E-state index contributed by atoms with van der Waals surface area (Å²) in [6.45, 7) is 5.29. The van der Waals surface area contributed by atoms with Gasteiger partial charge in [0, 0.05) is 24.6 Å². The highest BCUT2D eigenvalue weighted by atomic mass is 32.2. The fourth-order valence-corrected chi connectivity index (χ4v) is 5.90. The number of unbranched alkanes of at least 4 members (excludes halogenated alkanes) is 13. The van der Waals surface area contributed by atoms with Crippen LogP contribution in [-0.2, 0) is 9.59 Å². The second kappa shape index (κ2) is 21.1. The van der Waals surface area contributed by atoms with E-state index in [1.54, 1.807) is 0 Å². The molecule has 0 radical (unpaired) electrons. The molecule has 4 heteroatoms. The number of imide groups is 1. The fourth-order valence-electron chi connectivity index (χ4n) is 4.63. The van der Waals surface area contributed by atoms with Crippen LogP contribution in [0.1, 0.15) is 149 Å². The molecule has 0 aromatic rings. The quantitative estimate of drug-likeness (QED) is 0.125. The zero-order chi connectivity index (χ0) is 23.3. The molecule has 1 rings (SSSR count). The van der Waals surface area contributed by atoms with Crippen molar-refractivity contribution in [2.45, 2.75) is 154 Å². The maximum absolute atomic E-state index is 12.0. The summed E-state index contributed by atoms with van der Waals surface area (Å²) in [7, 11) is 0. The number of amides is 2. The lowest BCUT2D eigenvalue weighted by Gasteiger charge is -2.18. The number of nitrogens with zero attached hydrogens (tertiary/aromatic N) is 1. The van der Waals surface area contributed by atoms with E-state index in [1.807, 2.05) is 0 Å². The van der Waals surface area contributed by atoms with E-state index in [-0.39, 0.29) is 11.8 Å². The van der Waals surface area contributed by atoms with Gasteiger partial charge in [0.15, 0.2) is 0 Å². The molecule has 3 nitrogen and oxygen atoms in total. The van der Waals surface area contributed by atoms with Gasteiger partial charge in [-0.25, -0.2) is 0 Å². The standard InChI is InChI=1S/C28H53NO2S/c1-3-5-6-7-10-13-16-21-26(4-2)32-25-20-15-12-9-8-11-14-19-24-29-27(30)22-17-18-23-28(29)31/h26H,3-25H2,1-2H3. The number of hydrogen-bond donors (Lipinski definition) is 0. The van der Waals surface area contributed by atoms with Crippen LogP contribution < -0.4 is 0 Å². The smallest absolute Gasteiger partial charge is 0.229 e. The molecular weight excluding hydrogens is 414 g/mol. The highest BCUT2D eigenvalue weighted by Gasteiger charge is 2.23. The number of likely N-dealkylation sites (tertiary alicyclic amines) is 1. The summed E-state index contributed by atoms with van der Waals surface area (Å²) < 4.78 is 0. The predicted octanol–water partition coefficient (Wildman–Crippen LogP) is 8.69. The highest BCUT2D eigenvalue weighted by Crippen LogP contribution is 2.23. The molecule has 2 amide bonds. The first kappa shape index (κ1) is 29.5. The lowest BCUT2D eigenvalue weighted by molar-refractivity contribution is -0.143. The molecule has 1 aliphatic rings. The maximum atomic E-state index is 12.0. The molecule has 1 atom stereocenters. The minimum atomic E-state index is 0.0538. The number of carbonyl (C=O) groups excluding carboxylic acids is 2. The molecule has 1 heterocycles. The van der Waals surface area contributed by atoms with Gasteiger partial charge in [0.2, 0.25) is 11.8 Å². The summed E-state index contributed by atoms with van der Waals surface area (Å²) in [6, 6.07) is 0. The van der Waals surface area contributed by atoms with Crippen molar-refractivity contribution in [1.29, 1.82) is 0 Å². The third-order valence-corrected chi connectivity index (χ3v) is 8.41. The third kappa shape index (κ3) is 15.3. The van der Waals surface area contributed by atoms with Crippen LogP contribution in [0.15, 0.2) is 0 Å². The molecule has 1 saturated heterocycles. The Morgan fingerprint density at radius 3 is 1.75 bits per heavy atom. The van der Waals surface area contributed by atoms with Crippen LogP contribution in [0.4, 0.5) is 0 Å². The zero-order valence-electron chi connectivity index (χ0n) is 21.5. The van der Waals surface area contributed by atoms with Crippen molar-refractivity contribution < 1.29 is 9.59 Å². The van der Waals surface area contributed by atoms with Gasteiger partial charge in [-0.1, -0.05) is 97.3 Å². The number of hydrogen-bond acceptors (Lipinski definition) is 3. The lowest BCUT2D eigenvalue weighted by Crippen LogP contribution is -2.35. The van der Waals surface area contributed by atoms with E-state index in [0.29, 0.717) is 19.4 Å². The second-order valence-corrected chi connectivity index (χ2v) is 11.2. The molecule has 0 aromatic carbocycles. The molecule has 188 valence electrons. The molecule has 0 N–H and O–H groups in total. The fraction of sp³-hybridized carbons (Fsp3) is 0.929. The normalized spacial score (nSPS) is 15.9. The zero-order valence-corrected chi connectivity index (χ0v) is 22.3. The van der Waals surface area contributed by atoms with Crippen molar-refractivity contribution >= 4 is 23.6 Å². The Hall–Kier alpha value is -0.510. The number of rotatable bonds is 21. The minimum absolute atomic E-state index is 0.0538. The van der Waals surface area contributed by atoms with Crippen molar-refractivity contribution in [3.8, 4) is 0 Å². The van der Waals surface area contributed by atoms with Crippen LogP contribution in [-0.4, -0.2) is 34.3 Å². The number of thioether (sulfide) groups is 1. The summed E-state index contributed by atoms with van der Waals surface area (Å²) in [5.41, 5.74) is 0. The van der Waals surface area contributed by atoms with Gasteiger partial charge in [0.05, 0.1) is 0 Å². The van der Waals surface area contributed by atoms with Crippen LogP contribution in [0.25, 0.3) is 0 Å². The van der Waals surface area contributed by atoms with Crippen LogP contribution in [0, 0.1) is 0 Å². The van der Waals surface area contributed by atoms with Crippen molar-refractivity contribution in [2.24, 2.45) is 0 Å². The average molecular weight is 468 g/mol. The Morgan fingerprint density at radius 2 is 1.19 bits per heavy atom. The summed E-state index contributed by atoms with van der Waals surface area (Å²) >= 11 is 2.22. The van der Waals surface area contributed by atoms with Gasteiger partial charge in [0.25, 0.3) is 0 Å². The first-order valence-corrected chi connectivity index (χ1v) is 15.2. The number of carbonyl (C=O) groups is 2. The Labute approximate surface area is 204 Å². The summed E-state index contributed by atoms with van der Waals surface area (Å²) in [5, 5.41) is 0.883. The van der Waals surface area contributed by atoms with Crippen molar-refractivity contribution in [3.05, 3.63) is 0 Å². The van der Waals surface area contributed by atoms with Crippen molar-refractivity contribution in [3.63, 3.8) is 0 Å². The monoisotopic (exact) mass is 467 g/mol. The summed E-state index contributed by atoms with van der Waals surface area (Å²) in [4.78, 5) is 25.5. The van der Waals surface area contributed by atoms with E-state index in [0.717, 1.165) is 30.9 Å². The topological polar surface area (TPSA) is 37.4 Å². The minimum Gasteiger partial charge on any atom is -0.283 e. The Morgan fingerprint density at radius 1 is 0.688 bits per heavy atom. The first-order valence-electron chi connectivity index (χ1n) is 14.1. The van der Waals surface area contributed by atoms with Crippen LogP contribution >= 0.6 is 11.8 Å². The molecule has 32 heavy (non-hydrogen) atoms. The first-order chi connectivity index (χ1) is 15.7. The SMILES string of the molecule is CCCCCCCCCC(CC)SCCCCCCCCCCN1C(=O)CCCCC1=O. The molecule has 0 saturated carbocycles.